The summed E-state index contributed by atoms with van der Waals surface area (Å²) in [7, 11) is 1.65. The van der Waals surface area contributed by atoms with Crippen LogP contribution in [-0.4, -0.2) is 16.7 Å². The van der Waals surface area contributed by atoms with Crippen LogP contribution in [0.15, 0.2) is 42.5 Å². The van der Waals surface area contributed by atoms with Gasteiger partial charge in [-0.3, -0.25) is 0 Å². The molecular formula is C16H17N3O. The normalized spacial score (nSPS) is 10.9. The van der Waals surface area contributed by atoms with Crippen molar-refractivity contribution in [3.63, 3.8) is 0 Å². The van der Waals surface area contributed by atoms with E-state index in [0.717, 1.165) is 34.7 Å². The zero-order valence-electron chi connectivity index (χ0n) is 11.6. The van der Waals surface area contributed by atoms with Gasteiger partial charge in [0.05, 0.1) is 23.7 Å². The molecule has 0 amide bonds. The fraction of sp³-hybridized carbons (Fsp3) is 0.188. The molecule has 3 rings (SSSR count). The summed E-state index contributed by atoms with van der Waals surface area (Å²) < 4.78 is 7.63. The first-order chi connectivity index (χ1) is 9.74. The molecule has 0 aliphatic carbocycles. The molecule has 0 aliphatic heterocycles. The SMILES string of the molecule is CCn1c(-c2ccc(N)cc2OC)nc2ccccc21. The number of para-hydroxylation sites is 2. The van der Waals surface area contributed by atoms with E-state index in [9.17, 15) is 0 Å². The Labute approximate surface area is 117 Å². The number of aromatic nitrogens is 2. The van der Waals surface area contributed by atoms with Crippen molar-refractivity contribution in [1.29, 1.82) is 0 Å². The van der Waals surface area contributed by atoms with Gasteiger partial charge in [0, 0.05) is 18.3 Å². The zero-order valence-corrected chi connectivity index (χ0v) is 11.6. The van der Waals surface area contributed by atoms with Gasteiger partial charge in [-0.15, -0.1) is 0 Å². The van der Waals surface area contributed by atoms with E-state index in [1.165, 1.54) is 0 Å². The summed E-state index contributed by atoms with van der Waals surface area (Å²) in [6, 6.07) is 13.8. The van der Waals surface area contributed by atoms with Gasteiger partial charge >= 0.3 is 0 Å². The summed E-state index contributed by atoms with van der Waals surface area (Å²) in [5.41, 5.74) is 9.58. The average molecular weight is 267 g/mol. The molecule has 0 fully saturated rings. The van der Waals surface area contributed by atoms with E-state index in [1.807, 2.05) is 36.4 Å². The number of imidazole rings is 1. The Morgan fingerprint density at radius 1 is 1.20 bits per heavy atom. The van der Waals surface area contributed by atoms with Crippen LogP contribution in [0.2, 0.25) is 0 Å². The van der Waals surface area contributed by atoms with E-state index in [0.29, 0.717) is 5.69 Å². The highest BCUT2D eigenvalue weighted by molar-refractivity contribution is 5.82. The second-order valence-electron chi connectivity index (χ2n) is 4.63. The van der Waals surface area contributed by atoms with Gasteiger partial charge in [0.25, 0.3) is 0 Å². The maximum atomic E-state index is 5.82. The largest absolute Gasteiger partial charge is 0.496 e. The smallest absolute Gasteiger partial charge is 0.144 e. The predicted octanol–water partition coefficient (Wildman–Crippen LogP) is 3.31. The van der Waals surface area contributed by atoms with Gasteiger partial charge in [-0.1, -0.05) is 12.1 Å². The van der Waals surface area contributed by atoms with Crippen molar-refractivity contribution in [2.24, 2.45) is 0 Å². The van der Waals surface area contributed by atoms with Gasteiger partial charge in [0.15, 0.2) is 0 Å². The van der Waals surface area contributed by atoms with Crippen LogP contribution in [0.4, 0.5) is 5.69 Å². The molecule has 0 saturated carbocycles. The molecule has 0 aliphatic rings. The summed E-state index contributed by atoms with van der Waals surface area (Å²) in [4.78, 5) is 4.73. The molecule has 0 bridgehead atoms. The fourth-order valence-corrected chi connectivity index (χ4v) is 2.49. The lowest BCUT2D eigenvalue weighted by Gasteiger charge is -2.11. The third-order valence-electron chi connectivity index (χ3n) is 3.44. The third kappa shape index (κ3) is 1.90. The van der Waals surface area contributed by atoms with Crippen LogP contribution in [-0.2, 0) is 6.54 Å². The number of fused-ring (bicyclic) bond motifs is 1. The molecule has 0 radical (unpaired) electrons. The Balaban J connectivity index is 2.29. The molecule has 102 valence electrons. The van der Waals surface area contributed by atoms with E-state index in [-0.39, 0.29) is 0 Å². The predicted molar refractivity (Wildman–Crippen MR) is 81.8 cm³/mol. The van der Waals surface area contributed by atoms with Crippen molar-refractivity contribution in [2.75, 3.05) is 12.8 Å². The first-order valence-corrected chi connectivity index (χ1v) is 6.63. The number of hydrogen-bond acceptors (Lipinski definition) is 3. The minimum atomic E-state index is 0.685. The molecule has 2 N–H and O–H groups in total. The van der Waals surface area contributed by atoms with Gasteiger partial charge in [0.1, 0.15) is 11.6 Å². The van der Waals surface area contributed by atoms with Crippen LogP contribution >= 0.6 is 0 Å². The molecule has 1 aromatic heterocycles. The minimum Gasteiger partial charge on any atom is -0.496 e. The molecule has 3 aromatic rings. The number of ether oxygens (including phenoxy) is 1. The highest BCUT2D eigenvalue weighted by Crippen LogP contribution is 2.33. The molecule has 0 spiro atoms. The van der Waals surface area contributed by atoms with E-state index in [2.05, 4.69) is 17.6 Å². The maximum absolute atomic E-state index is 5.82. The Morgan fingerprint density at radius 3 is 2.75 bits per heavy atom. The van der Waals surface area contributed by atoms with Crippen LogP contribution in [0.3, 0.4) is 0 Å². The number of nitrogen functional groups attached to an aromatic ring is 1. The monoisotopic (exact) mass is 267 g/mol. The highest BCUT2D eigenvalue weighted by Gasteiger charge is 2.15. The number of nitrogens with zero attached hydrogens (tertiary/aromatic N) is 2. The number of nitrogens with two attached hydrogens (primary N) is 1. The first-order valence-electron chi connectivity index (χ1n) is 6.63. The van der Waals surface area contributed by atoms with Gasteiger partial charge < -0.3 is 15.0 Å². The summed E-state index contributed by atoms with van der Waals surface area (Å²) in [5, 5.41) is 0. The molecule has 4 nitrogen and oxygen atoms in total. The van der Waals surface area contributed by atoms with E-state index in [1.54, 1.807) is 7.11 Å². The van der Waals surface area contributed by atoms with Gasteiger partial charge in [-0.2, -0.15) is 0 Å². The number of aryl methyl sites for hydroxylation is 1. The lowest BCUT2D eigenvalue weighted by atomic mass is 10.1. The van der Waals surface area contributed by atoms with E-state index < -0.39 is 0 Å². The zero-order chi connectivity index (χ0) is 14.1. The van der Waals surface area contributed by atoms with Crippen molar-refractivity contribution < 1.29 is 4.74 Å². The molecule has 4 heteroatoms. The summed E-state index contributed by atoms with van der Waals surface area (Å²) >= 11 is 0. The van der Waals surface area contributed by atoms with Crippen LogP contribution in [0, 0.1) is 0 Å². The second-order valence-corrected chi connectivity index (χ2v) is 4.63. The Bertz CT molecular complexity index is 762. The molecule has 0 atom stereocenters. The Kier molecular flexibility index (Phi) is 3.06. The molecule has 1 heterocycles. The molecule has 0 saturated heterocycles. The number of rotatable bonds is 3. The number of anilines is 1. The van der Waals surface area contributed by atoms with E-state index >= 15 is 0 Å². The van der Waals surface area contributed by atoms with Crippen LogP contribution in [0.1, 0.15) is 6.92 Å². The van der Waals surface area contributed by atoms with E-state index in [4.69, 9.17) is 15.5 Å². The Hall–Kier alpha value is -2.49. The number of hydrogen-bond donors (Lipinski definition) is 1. The molecule has 2 aromatic carbocycles. The summed E-state index contributed by atoms with van der Waals surface area (Å²) in [6.07, 6.45) is 0. The van der Waals surface area contributed by atoms with Gasteiger partial charge in [-0.25, -0.2) is 4.98 Å². The minimum absolute atomic E-state index is 0.685. The molecular weight excluding hydrogens is 250 g/mol. The highest BCUT2D eigenvalue weighted by atomic mass is 16.5. The molecule has 20 heavy (non-hydrogen) atoms. The fourth-order valence-electron chi connectivity index (χ4n) is 2.49. The lowest BCUT2D eigenvalue weighted by Crippen LogP contribution is -1.99. The summed E-state index contributed by atoms with van der Waals surface area (Å²) in [5.74, 6) is 1.65. The van der Waals surface area contributed by atoms with Gasteiger partial charge in [0.2, 0.25) is 0 Å². The third-order valence-corrected chi connectivity index (χ3v) is 3.44. The number of methoxy groups -OCH3 is 1. The van der Waals surface area contributed by atoms with Crippen molar-refractivity contribution in [3.05, 3.63) is 42.5 Å². The standard InChI is InChI=1S/C16H17N3O/c1-3-19-14-7-5-4-6-13(14)18-16(19)12-9-8-11(17)10-15(12)20-2/h4-10H,3,17H2,1-2H3. The Morgan fingerprint density at radius 2 is 2.00 bits per heavy atom. The van der Waals surface area contributed by atoms with Crippen LogP contribution < -0.4 is 10.5 Å². The maximum Gasteiger partial charge on any atom is 0.144 e. The topological polar surface area (TPSA) is 53.1 Å². The van der Waals surface area contributed by atoms with Crippen molar-refractivity contribution in [1.82, 2.24) is 9.55 Å². The van der Waals surface area contributed by atoms with Crippen LogP contribution in [0.5, 0.6) is 5.75 Å². The lowest BCUT2D eigenvalue weighted by molar-refractivity contribution is 0.416. The van der Waals surface area contributed by atoms with Crippen molar-refractivity contribution in [2.45, 2.75) is 13.5 Å². The van der Waals surface area contributed by atoms with Crippen molar-refractivity contribution >= 4 is 16.7 Å². The summed E-state index contributed by atoms with van der Waals surface area (Å²) in [6.45, 7) is 2.96. The van der Waals surface area contributed by atoms with Crippen molar-refractivity contribution in [3.8, 4) is 17.1 Å². The van der Waals surface area contributed by atoms with Crippen LogP contribution in [0.25, 0.3) is 22.4 Å². The van der Waals surface area contributed by atoms with Gasteiger partial charge in [-0.05, 0) is 31.2 Å². The molecule has 0 unspecified atom stereocenters. The average Bonchev–Trinajstić information content (AvgIpc) is 2.85. The number of benzene rings is 2. The quantitative estimate of drug-likeness (QED) is 0.741. The second kappa shape index (κ2) is 4.89. The first kappa shape index (κ1) is 12.5.